The van der Waals surface area contributed by atoms with E-state index in [0.717, 1.165) is 55.6 Å². The van der Waals surface area contributed by atoms with Crippen LogP contribution in [0.1, 0.15) is 66.9 Å². The molecule has 2 aromatic carbocycles. The van der Waals surface area contributed by atoms with Gasteiger partial charge in [0.25, 0.3) is 0 Å². The molecule has 8 heteroatoms. The first-order chi connectivity index (χ1) is 17.6. The number of rotatable bonds is 1. The average molecular weight is 493 g/mol. The van der Waals surface area contributed by atoms with Crippen LogP contribution in [0.3, 0.4) is 0 Å². The first kappa shape index (κ1) is 24.6. The van der Waals surface area contributed by atoms with E-state index in [4.69, 9.17) is 4.74 Å². The second kappa shape index (κ2) is 11.3. The van der Waals surface area contributed by atoms with Gasteiger partial charge in [-0.15, -0.1) is 0 Å². The maximum absolute atomic E-state index is 14.2. The third kappa shape index (κ3) is 5.50. The second-order valence-corrected chi connectivity index (χ2v) is 9.96. The Hall–Kier alpha value is -3.10. The number of carbonyl (C=O) groups excluding carboxylic acids is 2. The average Bonchev–Trinajstić information content (AvgIpc) is 3.26. The number of phenolic OH excluding ortho intramolecular Hbond substituents is 1. The Morgan fingerprint density at radius 2 is 1.64 bits per heavy atom. The standard InChI is InChI=1S/C28H36N4O4/c33-21-8-5-19(6-9-21)27-26-22-17-20(7-10-24(22)36-27)23-18-25(34)31-14-4-16-32(28(26)35)15-2-1-11-29-12-3-13-30-23/h5-10,17,23,26-27,29-30,33H,1-4,11-16,18H2,(H,31,34)/t23-,26+,27+/m0/s1. The van der Waals surface area contributed by atoms with Crippen LogP contribution < -0.4 is 20.7 Å². The van der Waals surface area contributed by atoms with E-state index < -0.39 is 12.0 Å². The van der Waals surface area contributed by atoms with Gasteiger partial charge in [-0.05, 0) is 80.7 Å². The van der Waals surface area contributed by atoms with Crippen molar-refractivity contribution in [1.82, 2.24) is 20.9 Å². The maximum atomic E-state index is 14.2. The summed E-state index contributed by atoms with van der Waals surface area (Å²) in [5, 5.41) is 19.9. The smallest absolute Gasteiger partial charge is 0.234 e. The molecule has 0 radical (unpaired) electrons. The van der Waals surface area contributed by atoms with E-state index in [1.165, 1.54) is 0 Å². The fraction of sp³-hybridized carbons (Fsp3) is 0.500. The molecule has 0 aromatic heterocycles. The van der Waals surface area contributed by atoms with Gasteiger partial charge in [0.2, 0.25) is 11.8 Å². The molecule has 36 heavy (non-hydrogen) atoms. The van der Waals surface area contributed by atoms with Crippen molar-refractivity contribution in [2.75, 3.05) is 39.3 Å². The van der Waals surface area contributed by atoms with Crippen molar-refractivity contribution < 1.29 is 19.4 Å². The van der Waals surface area contributed by atoms with E-state index in [-0.39, 0.29) is 23.6 Å². The minimum atomic E-state index is -0.486. The number of hydrogen-bond donors (Lipinski definition) is 4. The molecule has 3 aliphatic rings. The third-order valence-corrected chi connectivity index (χ3v) is 7.40. The zero-order chi connectivity index (χ0) is 24.9. The molecule has 0 unspecified atom stereocenters. The molecule has 0 saturated carbocycles. The van der Waals surface area contributed by atoms with E-state index >= 15 is 0 Å². The van der Waals surface area contributed by atoms with Gasteiger partial charge in [0.15, 0.2) is 0 Å². The molecule has 2 aromatic rings. The van der Waals surface area contributed by atoms with Crippen LogP contribution in [0, 0.1) is 0 Å². The van der Waals surface area contributed by atoms with Gasteiger partial charge in [-0.1, -0.05) is 18.2 Å². The number of nitrogens with one attached hydrogen (secondary N) is 3. The summed E-state index contributed by atoms with van der Waals surface area (Å²) in [6, 6.07) is 12.8. The Morgan fingerprint density at radius 3 is 2.50 bits per heavy atom. The highest BCUT2D eigenvalue weighted by atomic mass is 16.5. The van der Waals surface area contributed by atoms with Crippen LogP contribution in [0.4, 0.5) is 0 Å². The fourth-order valence-corrected chi connectivity index (χ4v) is 5.45. The predicted octanol–water partition coefficient (Wildman–Crippen LogP) is 2.75. The Kier molecular flexibility index (Phi) is 7.72. The minimum absolute atomic E-state index is 0.0160. The minimum Gasteiger partial charge on any atom is -0.508 e. The summed E-state index contributed by atoms with van der Waals surface area (Å²) in [4.78, 5) is 28.9. The van der Waals surface area contributed by atoms with Gasteiger partial charge in [-0.2, -0.15) is 0 Å². The summed E-state index contributed by atoms with van der Waals surface area (Å²) < 4.78 is 6.40. The van der Waals surface area contributed by atoms with Crippen LogP contribution in [-0.4, -0.2) is 61.1 Å². The molecule has 3 heterocycles. The highest BCUT2D eigenvalue weighted by Gasteiger charge is 2.43. The third-order valence-electron chi connectivity index (χ3n) is 7.40. The van der Waals surface area contributed by atoms with E-state index in [0.29, 0.717) is 38.2 Å². The van der Waals surface area contributed by atoms with Gasteiger partial charge < -0.3 is 30.7 Å². The topological polar surface area (TPSA) is 103 Å². The van der Waals surface area contributed by atoms with Crippen LogP contribution in [0.5, 0.6) is 11.5 Å². The molecular formula is C28H36N4O4. The van der Waals surface area contributed by atoms with Gasteiger partial charge >= 0.3 is 0 Å². The number of phenols is 1. The quantitative estimate of drug-likeness (QED) is 0.488. The number of nitrogens with zero attached hydrogens (tertiary/aromatic N) is 1. The van der Waals surface area contributed by atoms with Crippen LogP contribution in [0.15, 0.2) is 42.5 Å². The SMILES string of the molecule is O=C1C[C@@H]2NCCCNCCCCN(CCCN1)C(=O)[C@@H]1c3cc2ccc3O[C@@H]1c1ccc(O)cc1. The number of carbonyl (C=O) groups is 2. The molecule has 5 rings (SSSR count). The monoisotopic (exact) mass is 492 g/mol. The van der Waals surface area contributed by atoms with Gasteiger partial charge in [-0.3, -0.25) is 9.59 Å². The Morgan fingerprint density at radius 1 is 0.861 bits per heavy atom. The lowest BCUT2D eigenvalue weighted by molar-refractivity contribution is -0.134. The van der Waals surface area contributed by atoms with Crippen molar-refractivity contribution in [3.8, 4) is 11.5 Å². The Bertz CT molecular complexity index is 1070. The molecule has 0 saturated heterocycles. The van der Waals surface area contributed by atoms with Gasteiger partial charge in [0, 0.05) is 37.7 Å². The van der Waals surface area contributed by atoms with Gasteiger partial charge in [-0.25, -0.2) is 0 Å². The van der Waals surface area contributed by atoms with E-state index in [2.05, 4.69) is 22.0 Å². The maximum Gasteiger partial charge on any atom is 0.234 e. The predicted molar refractivity (Wildman–Crippen MR) is 137 cm³/mol. The van der Waals surface area contributed by atoms with Crippen LogP contribution >= 0.6 is 0 Å². The highest BCUT2D eigenvalue weighted by Crippen LogP contribution is 2.48. The molecule has 0 fully saturated rings. The fourth-order valence-electron chi connectivity index (χ4n) is 5.45. The Balaban J connectivity index is 1.58. The molecule has 4 N–H and O–H groups in total. The number of benzene rings is 2. The zero-order valence-electron chi connectivity index (χ0n) is 20.7. The van der Waals surface area contributed by atoms with Gasteiger partial charge in [0.1, 0.15) is 23.5 Å². The van der Waals surface area contributed by atoms with Gasteiger partial charge in [0.05, 0.1) is 0 Å². The molecule has 3 aliphatic heterocycles. The molecule has 4 bridgehead atoms. The summed E-state index contributed by atoms with van der Waals surface area (Å²) in [6.45, 7) is 4.45. The number of aromatic hydroxyl groups is 1. The normalized spacial score (nSPS) is 25.8. The van der Waals surface area contributed by atoms with Crippen LogP contribution in [-0.2, 0) is 9.59 Å². The van der Waals surface area contributed by atoms with Crippen molar-refractivity contribution in [2.45, 2.75) is 50.2 Å². The molecule has 8 nitrogen and oxygen atoms in total. The highest BCUT2D eigenvalue weighted by molar-refractivity contribution is 5.87. The van der Waals surface area contributed by atoms with Crippen molar-refractivity contribution in [3.63, 3.8) is 0 Å². The summed E-state index contributed by atoms with van der Waals surface area (Å²) in [5.41, 5.74) is 2.72. The van der Waals surface area contributed by atoms with E-state index in [9.17, 15) is 14.7 Å². The van der Waals surface area contributed by atoms with E-state index in [1.807, 2.05) is 29.2 Å². The number of ether oxygens (including phenoxy) is 1. The largest absolute Gasteiger partial charge is 0.508 e. The van der Waals surface area contributed by atoms with Crippen LogP contribution in [0.25, 0.3) is 0 Å². The molecule has 3 atom stereocenters. The second-order valence-electron chi connectivity index (χ2n) is 9.96. The number of hydrogen-bond acceptors (Lipinski definition) is 6. The number of amides is 2. The molecule has 192 valence electrons. The van der Waals surface area contributed by atoms with Crippen LogP contribution in [0.2, 0.25) is 0 Å². The first-order valence-electron chi connectivity index (χ1n) is 13.2. The summed E-state index contributed by atoms with van der Waals surface area (Å²) in [7, 11) is 0. The summed E-state index contributed by atoms with van der Waals surface area (Å²) >= 11 is 0. The van der Waals surface area contributed by atoms with Crippen molar-refractivity contribution in [2.24, 2.45) is 0 Å². The zero-order valence-corrected chi connectivity index (χ0v) is 20.7. The molecule has 2 amide bonds. The lowest BCUT2D eigenvalue weighted by Crippen LogP contribution is -2.39. The molecular weight excluding hydrogens is 456 g/mol. The number of fused-ring (bicyclic) bond motifs is 1. The summed E-state index contributed by atoms with van der Waals surface area (Å²) in [6.07, 6.45) is 3.47. The van der Waals surface area contributed by atoms with Crippen molar-refractivity contribution in [3.05, 3.63) is 59.2 Å². The van der Waals surface area contributed by atoms with E-state index in [1.54, 1.807) is 12.1 Å². The molecule has 0 spiro atoms. The lowest BCUT2D eigenvalue weighted by atomic mass is 9.87. The molecule has 0 aliphatic carbocycles. The summed E-state index contributed by atoms with van der Waals surface area (Å²) in [5.74, 6) is 0.473. The van der Waals surface area contributed by atoms with Crippen molar-refractivity contribution in [1.29, 1.82) is 0 Å². The lowest BCUT2D eigenvalue weighted by Gasteiger charge is -2.28. The van der Waals surface area contributed by atoms with Crippen molar-refractivity contribution >= 4 is 11.8 Å². The Labute approximate surface area is 212 Å². The first-order valence-corrected chi connectivity index (χ1v) is 13.2.